The number of nitrogens with one attached hydrogen (secondary N) is 1. The molecule has 0 amide bonds. The second kappa shape index (κ2) is 9.19. The van der Waals surface area contributed by atoms with Gasteiger partial charge in [-0.3, -0.25) is 25.7 Å². The van der Waals surface area contributed by atoms with Crippen molar-refractivity contribution in [3.63, 3.8) is 0 Å². The van der Waals surface area contributed by atoms with Crippen molar-refractivity contribution in [3.05, 3.63) is 61.7 Å². The van der Waals surface area contributed by atoms with Crippen LogP contribution >= 0.6 is 0 Å². The van der Waals surface area contributed by atoms with Crippen LogP contribution in [0.2, 0.25) is 0 Å². The maximum atomic E-state index is 11.0. The average Bonchev–Trinajstić information content (AvgIpc) is 2.50. The molecule has 0 aliphatic heterocycles. The van der Waals surface area contributed by atoms with Crippen molar-refractivity contribution in [1.29, 1.82) is 0 Å². The minimum Gasteiger partial charge on any atom is -0.272 e. The molecule has 0 saturated carbocycles. The molecule has 24 heavy (non-hydrogen) atoms. The first-order valence-electron chi connectivity index (χ1n) is 7.32. The fourth-order valence-corrected chi connectivity index (χ4v) is 1.82. The average molecular weight is 332 g/mol. The van der Waals surface area contributed by atoms with Gasteiger partial charge in [0.05, 0.1) is 15.9 Å². The van der Waals surface area contributed by atoms with Crippen LogP contribution in [0.25, 0.3) is 0 Å². The van der Waals surface area contributed by atoms with Crippen LogP contribution in [0.5, 0.6) is 0 Å². The Hall–Kier alpha value is -3.03. The number of rotatable bonds is 8. The molecule has 128 valence electrons. The summed E-state index contributed by atoms with van der Waals surface area (Å²) in [6.45, 7) is 6.06. The molecule has 1 aromatic carbocycles. The van der Waals surface area contributed by atoms with E-state index in [1.165, 1.54) is 23.9 Å². The molecular weight excluding hydrogens is 312 g/mol. The lowest BCUT2D eigenvalue weighted by atomic mass is 10.1. The molecule has 0 saturated heterocycles. The summed E-state index contributed by atoms with van der Waals surface area (Å²) in [5.41, 5.74) is 4.28. The van der Waals surface area contributed by atoms with Crippen LogP contribution in [-0.2, 0) is 0 Å². The van der Waals surface area contributed by atoms with Crippen molar-refractivity contribution < 1.29 is 9.85 Å². The third-order valence-corrected chi connectivity index (χ3v) is 3.10. The summed E-state index contributed by atoms with van der Waals surface area (Å²) in [5, 5.41) is 25.6. The van der Waals surface area contributed by atoms with Gasteiger partial charge in [-0.05, 0) is 45.8 Å². The molecule has 8 nitrogen and oxygen atoms in total. The van der Waals surface area contributed by atoms with Crippen molar-refractivity contribution in [2.45, 2.75) is 33.6 Å². The quantitative estimate of drug-likeness (QED) is 0.324. The Bertz CT molecular complexity index is 704. The summed E-state index contributed by atoms with van der Waals surface area (Å²) in [6, 6.07) is 3.35. The fraction of sp³-hybridized carbons (Fsp3) is 0.312. The third-order valence-electron chi connectivity index (χ3n) is 3.10. The van der Waals surface area contributed by atoms with Crippen LogP contribution in [0.3, 0.4) is 0 Å². The number of non-ortho nitro benzene ring substituents is 1. The second-order valence-electron chi connectivity index (χ2n) is 5.44. The van der Waals surface area contributed by atoms with E-state index in [9.17, 15) is 20.2 Å². The molecule has 0 aliphatic carbocycles. The summed E-state index contributed by atoms with van der Waals surface area (Å²) in [7, 11) is 0. The summed E-state index contributed by atoms with van der Waals surface area (Å²) >= 11 is 0. The first-order valence-corrected chi connectivity index (χ1v) is 7.32. The number of hydrazone groups is 1. The van der Waals surface area contributed by atoms with E-state index in [0.29, 0.717) is 0 Å². The predicted molar refractivity (Wildman–Crippen MR) is 94.3 cm³/mol. The SMILES string of the molecule is CC(C)=CCC/C(C)=C/C=N/Nc1ccc([N+](=O)[O-])cc1[N+](=O)[O-]. The Balaban J connectivity index is 2.74. The van der Waals surface area contributed by atoms with Crippen LogP contribution < -0.4 is 5.43 Å². The molecule has 1 aromatic rings. The molecule has 0 unspecified atom stereocenters. The molecule has 0 fully saturated rings. The van der Waals surface area contributed by atoms with Gasteiger partial charge in [-0.1, -0.05) is 17.2 Å². The van der Waals surface area contributed by atoms with Crippen molar-refractivity contribution >= 4 is 23.3 Å². The van der Waals surface area contributed by atoms with E-state index >= 15 is 0 Å². The van der Waals surface area contributed by atoms with E-state index in [-0.39, 0.29) is 11.4 Å². The molecule has 0 bridgehead atoms. The molecule has 0 aliphatic rings. The van der Waals surface area contributed by atoms with E-state index in [1.54, 1.807) is 0 Å². The van der Waals surface area contributed by atoms with Crippen LogP contribution in [0, 0.1) is 20.2 Å². The zero-order chi connectivity index (χ0) is 18.1. The Morgan fingerprint density at radius 3 is 2.50 bits per heavy atom. The van der Waals surface area contributed by atoms with E-state index in [1.807, 2.05) is 26.8 Å². The molecule has 0 atom stereocenters. The smallest absolute Gasteiger partial charge is 0.272 e. The van der Waals surface area contributed by atoms with Gasteiger partial charge in [-0.25, -0.2) is 0 Å². The zero-order valence-electron chi connectivity index (χ0n) is 13.9. The highest BCUT2D eigenvalue weighted by Gasteiger charge is 2.18. The number of nitrogens with zero attached hydrogens (tertiary/aromatic N) is 3. The van der Waals surface area contributed by atoms with Crippen molar-refractivity contribution in [3.8, 4) is 0 Å². The zero-order valence-corrected chi connectivity index (χ0v) is 13.9. The van der Waals surface area contributed by atoms with Crippen molar-refractivity contribution in [1.82, 2.24) is 0 Å². The number of allylic oxidation sites excluding steroid dienone is 4. The van der Waals surface area contributed by atoms with Gasteiger partial charge in [0.1, 0.15) is 5.69 Å². The van der Waals surface area contributed by atoms with E-state index in [0.717, 1.165) is 24.5 Å². The Kier molecular flexibility index (Phi) is 7.28. The van der Waals surface area contributed by atoms with Crippen LogP contribution in [0.1, 0.15) is 33.6 Å². The third kappa shape index (κ3) is 6.39. The van der Waals surface area contributed by atoms with Gasteiger partial charge in [-0.15, -0.1) is 0 Å². The minimum atomic E-state index is -0.689. The van der Waals surface area contributed by atoms with Crippen LogP contribution in [-0.4, -0.2) is 16.1 Å². The summed E-state index contributed by atoms with van der Waals surface area (Å²) < 4.78 is 0. The van der Waals surface area contributed by atoms with E-state index in [4.69, 9.17) is 0 Å². The van der Waals surface area contributed by atoms with Crippen molar-refractivity contribution in [2.75, 3.05) is 5.43 Å². The molecule has 0 radical (unpaired) electrons. The van der Waals surface area contributed by atoms with Gasteiger partial charge in [0.2, 0.25) is 0 Å². The normalized spacial score (nSPS) is 11.4. The fourth-order valence-electron chi connectivity index (χ4n) is 1.82. The van der Waals surface area contributed by atoms with Crippen LogP contribution in [0.15, 0.2) is 46.6 Å². The number of anilines is 1. The Labute approximate surface area is 139 Å². The molecule has 8 heteroatoms. The summed E-state index contributed by atoms with van der Waals surface area (Å²) in [6.07, 6.45) is 7.30. The maximum Gasteiger partial charge on any atom is 0.301 e. The molecular formula is C16H20N4O4. The van der Waals surface area contributed by atoms with Gasteiger partial charge >= 0.3 is 5.69 Å². The monoisotopic (exact) mass is 332 g/mol. The molecule has 0 spiro atoms. The standard InChI is InChI=1S/C16H20N4O4/c1-12(2)5-4-6-13(3)9-10-17-18-15-8-7-14(19(21)22)11-16(15)20(23)24/h5,7-11,18H,4,6H2,1-3H3/b13-9+,17-10+. The second-order valence-corrected chi connectivity index (χ2v) is 5.44. The Morgan fingerprint density at radius 1 is 1.21 bits per heavy atom. The molecule has 1 rings (SSSR count). The van der Waals surface area contributed by atoms with Gasteiger partial charge in [0, 0.05) is 12.3 Å². The highest BCUT2D eigenvalue weighted by molar-refractivity contribution is 5.74. The maximum absolute atomic E-state index is 11.0. The largest absolute Gasteiger partial charge is 0.301 e. The molecule has 1 N–H and O–H groups in total. The molecule has 0 heterocycles. The highest BCUT2D eigenvalue weighted by Crippen LogP contribution is 2.28. The van der Waals surface area contributed by atoms with Gasteiger partial charge in [0.25, 0.3) is 5.69 Å². The van der Waals surface area contributed by atoms with Gasteiger partial charge < -0.3 is 0 Å². The van der Waals surface area contributed by atoms with E-state index < -0.39 is 15.5 Å². The first kappa shape index (κ1) is 19.0. The Morgan fingerprint density at radius 2 is 1.92 bits per heavy atom. The predicted octanol–water partition coefficient (Wildman–Crippen LogP) is 4.59. The lowest BCUT2D eigenvalue weighted by Crippen LogP contribution is -1.98. The van der Waals surface area contributed by atoms with Gasteiger partial charge in [0.15, 0.2) is 0 Å². The lowest BCUT2D eigenvalue weighted by molar-refractivity contribution is -0.393. The van der Waals surface area contributed by atoms with Crippen LogP contribution in [0.4, 0.5) is 17.1 Å². The first-order chi connectivity index (χ1) is 11.3. The molecule has 0 aromatic heterocycles. The topological polar surface area (TPSA) is 111 Å². The summed E-state index contributed by atoms with van der Waals surface area (Å²) in [5.74, 6) is 0. The number of nitro groups is 2. The lowest BCUT2D eigenvalue weighted by Gasteiger charge is -2.01. The summed E-state index contributed by atoms with van der Waals surface area (Å²) in [4.78, 5) is 20.3. The minimum absolute atomic E-state index is 0.0949. The number of nitro benzene ring substituents is 2. The number of hydrogen-bond donors (Lipinski definition) is 1. The van der Waals surface area contributed by atoms with Crippen molar-refractivity contribution in [2.24, 2.45) is 5.10 Å². The van der Waals surface area contributed by atoms with Gasteiger partial charge in [-0.2, -0.15) is 5.10 Å². The number of hydrogen-bond acceptors (Lipinski definition) is 6. The number of benzene rings is 1. The van der Waals surface area contributed by atoms with E-state index in [2.05, 4.69) is 16.6 Å². The highest BCUT2D eigenvalue weighted by atomic mass is 16.6.